The number of likely N-dealkylation sites (tertiary alicyclic amines) is 1. The van der Waals surface area contributed by atoms with E-state index < -0.39 is 11.4 Å². The van der Waals surface area contributed by atoms with Crippen molar-refractivity contribution in [2.75, 3.05) is 39.2 Å². The first-order valence-corrected chi connectivity index (χ1v) is 8.45. The second kappa shape index (κ2) is 8.14. The van der Waals surface area contributed by atoms with Crippen LogP contribution in [0.4, 0.5) is 5.69 Å². The van der Waals surface area contributed by atoms with Gasteiger partial charge in [0.15, 0.2) is 0 Å². The highest BCUT2D eigenvalue weighted by Crippen LogP contribution is 2.48. The minimum absolute atomic E-state index is 0. The van der Waals surface area contributed by atoms with Gasteiger partial charge in [-0.25, -0.2) is 0 Å². The first-order valence-electron chi connectivity index (χ1n) is 8.45. The molecule has 0 bridgehead atoms. The fraction of sp³-hybridized carbons (Fsp3) is 0.556. The summed E-state index contributed by atoms with van der Waals surface area (Å²) in [6, 6.07) is 5.17. The van der Waals surface area contributed by atoms with E-state index in [9.17, 15) is 14.7 Å². The quantitative estimate of drug-likeness (QED) is 0.782. The zero-order chi connectivity index (χ0) is 18.0. The number of nitrogens with one attached hydrogen (secondary N) is 1. The topological polar surface area (TPSA) is 88.1 Å². The predicted octanol–water partition coefficient (Wildman–Crippen LogP) is 2.25. The molecule has 1 saturated heterocycles. The van der Waals surface area contributed by atoms with E-state index in [0.29, 0.717) is 36.7 Å². The summed E-state index contributed by atoms with van der Waals surface area (Å²) in [6.07, 6.45) is 2.59. The molecular formula is C18H25ClN2O5. The number of aliphatic carboxylic acids is 1. The van der Waals surface area contributed by atoms with Crippen molar-refractivity contribution in [2.45, 2.75) is 19.3 Å². The molecule has 144 valence electrons. The second-order valence-corrected chi connectivity index (χ2v) is 6.87. The van der Waals surface area contributed by atoms with Gasteiger partial charge in [0, 0.05) is 37.0 Å². The Morgan fingerprint density at radius 2 is 1.92 bits per heavy atom. The van der Waals surface area contributed by atoms with Gasteiger partial charge in [-0.1, -0.05) is 6.42 Å². The van der Waals surface area contributed by atoms with Crippen molar-refractivity contribution in [3.63, 3.8) is 0 Å². The Labute approximate surface area is 159 Å². The maximum Gasteiger partial charge on any atom is 0.311 e. The van der Waals surface area contributed by atoms with Gasteiger partial charge in [-0.05, 0) is 18.8 Å². The number of carboxylic acid groups (broad SMARTS) is 1. The third-order valence-corrected chi connectivity index (χ3v) is 5.37. The Bertz CT molecular complexity index is 661. The molecule has 2 aliphatic rings. The first kappa shape index (κ1) is 20.3. The molecule has 1 aliphatic carbocycles. The Balaban J connectivity index is 0.00000243. The SMILES string of the molecule is COc1cc(NC(=O)CN2C[C@@H]3CCC[C@@]3(C(=O)O)C2)cc(OC)c1.Cl. The summed E-state index contributed by atoms with van der Waals surface area (Å²) in [6.45, 7) is 1.30. The van der Waals surface area contributed by atoms with Crippen molar-refractivity contribution in [1.29, 1.82) is 0 Å². The number of nitrogens with zero attached hydrogens (tertiary/aromatic N) is 1. The molecule has 0 radical (unpaired) electrons. The van der Waals surface area contributed by atoms with Crippen LogP contribution in [0.2, 0.25) is 0 Å². The number of hydrogen-bond acceptors (Lipinski definition) is 5. The van der Waals surface area contributed by atoms with Crippen LogP contribution in [0, 0.1) is 11.3 Å². The van der Waals surface area contributed by atoms with Crippen molar-refractivity contribution in [2.24, 2.45) is 11.3 Å². The number of amides is 1. The third kappa shape index (κ3) is 3.88. The molecule has 8 heteroatoms. The van der Waals surface area contributed by atoms with Crippen molar-refractivity contribution in [3.05, 3.63) is 18.2 Å². The number of benzene rings is 1. The van der Waals surface area contributed by atoms with E-state index in [2.05, 4.69) is 5.32 Å². The maximum atomic E-state index is 12.4. The number of fused-ring (bicyclic) bond motifs is 1. The van der Waals surface area contributed by atoms with E-state index in [1.807, 2.05) is 4.90 Å². The standard InChI is InChI=1S/C18H24N2O5.ClH/c1-24-14-6-13(7-15(8-14)25-2)19-16(21)10-20-9-12-4-3-5-18(12,11-20)17(22)23;/h6-8,12H,3-5,9-11H2,1-2H3,(H,19,21)(H,22,23);1H/t12-,18+;/m0./s1. The molecule has 2 fully saturated rings. The lowest BCUT2D eigenvalue weighted by Gasteiger charge is -2.23. The molecule has 3 rings (SSSR count). The summed E-state index contributed by atoms with van der Waals surface area (Å²) < 4.78 is 10.4. The Morgan fingerprint density at radius 3 is 2.46 bits per heavy atom. The van der Waals surface area contributed by atoms with Crippen LogP contribution in [0.5, 0.6) is 11.5 Å². The largest absolute Gasteiger partial charge is 0.497 e. The number of methoxy groups -OCH3 is 2. The molecule has 1 saturated carbocycles. The van der Waals surface area contributed by atoms with Gasteiger partial charge in [0.25, 0.3) is 0 Å². The number of carbonyl (C=O) groups excluding carboxylic acids is 1. The highest BCUT2D eigenvalue weighted by Gasteiger charge is 2.54. The van der Waals surface area contributed by atoms with E-state index in [1.54, 1.807) is 32.4 Å². The van der Waals surface area contributed by atoms with Crippen LogP contribution in [0.1, 0.15) is 19.3 Å². The monoisotopic (exact) mass is 384 g/mol. The lowest BCUT2D eigenvalue weighted by atomic mass is 9.81. The van der Waals surface area contributed by atoms with Crippen molar-refractivity contribution >= 4 is 30.0 Å². The molecule has 1 amide bonds. The van der Waals surface area contributed by atoms with Crippen molar-refractivity contribution in [3.8, 4) is 11.5 Å². The first-order chi connectivity index (χ1) is 12.0. The van der Waals surface area contributed by atoms with Crippen LogP contribution >= 0.6 is 12.4 Å². The normalized spacial score (nSPS) is 24.5. The number of anilines is 1. The van der Waals surface area contributed by atoms with Crippen LogP contribution in [0.3, 0.4) is 0 Å². The maximum absolute atomic E-state index is 12.4. The summed E-state index contributed by atoms with van der Waals surface area (Å²) in [7, 11) is 3.10. The molecule has 1 heterocycles. The molecule has 1 aromatic carbocycles. The summed E-state index contributed by atoms with van der Waals surface area (Å²) >= 11 is 0. The van der Waals surface area contributed by atoms with Gasteiger partial charge < -0.3 is 19.9 Å². The number of carboxylic acids is 1. The zero-order valence-electron chi connectivity index (χ0n) is 15.0. The van der Waals surface area contributed by atoms with Crippen molar-refractivity contribution < 1.29 is 24.2 Å². The van der Waals surface area contributed by atoms with E-state index in [-0.39, 0.29) is 30.8 Å². The highest BCUT2D eigenvalue weighted by molar-refractivity contribution is 5.92. The Morgan fingerprint density at radius 1 is 1.27 bits per heavy atom. The second-order valence-electron chi connectivity index (χ2n) is 6.87. The molecule has 0 aromatic heterocycles. The molecule has 2 N–H and O–H groups in total. The molecule has 7 nitrogen and oxygen atoms in total. The lowest BCUT2D eigenvalue weighted by molar-refractivity contribution is -0.149. The zero-order valence-corrected chi connectivity index (χ0v) is 15.8. The van der Waals surface area contributed by atoms with Gasteiger partial charge in [0.2, 0.25) is 5.91 Å². The fourth-order valence-electron chi connectivity index (χ4n) is 4.15. The number of rotatable bonds is 6. The molecule has 0 spiro atoms. The minimum atomic E-state index is -0.726. The van der Waals surface area contributed by atoms with Gasteiger partial charge in [-0.2, -0.15) is 0 Å². The summed E-state index contributed by atoms with van der Waals surface area (Å²) in [4.78, 5) is 26.0. The number of hydrogen-bond donors (Lipinski definition) is 2. The Kier molecular flexibility index (Phi) is 6.36. The van der Waals surface area contributed by atoms with E-state index in [4.69, 9.17) is 9.47 Å². The van der Waals surface area contributed by atoms with Gasteiger partial charge in [0.05, 0.1) is 26.2 Å². The number of halogens is 1. The average Bonchev–Trinajstić information content (AvgIpc) is 3.12. The number of ether oxygens (including phenoxy) is 2. The van der Waals surface area contributed by atoms with Gasteiger partial charge in [-0.15, -0.1) is 12.4 Å². The summed E-state index contributed by atoms with van der Waals surface area (Å²) in [5, 5.41) is 12.5. The van der Waals surface area contributed by atoms with Crippen LogP contribution < -0.4 is 14.8 Å². The molecule has 26 heavy (non-hydrogen) atoms. The summed E-state index contributed by atoms with van der Waals surface area (Å²) in [5.41, 5.74) is -0.0760. The van der Waals surface area contributed by atoms with E-state index in [1.165, 1.54) is 0 Å². The fourth-order valence-corrected chi connectivity index (χ4v) is 4.15. The molecule has 2 atom stereocenters. The van der Waals surface area contributed by atoms with Crippen LogP contribution in [0.15, 0.2) is 18.2 Å². The van der Waals surface area contributed by atoms with E-state index >= 15 is 0 Å². The third-order valence-electron chi connectivity index (χ3n) is 5.37. The average molecular weight is 385 g/mol. The highest BCUT2D eigenvalue weighted by atomic mass is 35.5. The van der Waals surface area contributed by atoms with Gasteiger partial charge in [0.1, 0.15) is 11.5 Å². The smallest absolute Gasteiger partial charge is 0.311 e. The number of carbonyl (C=O) groups is 2. The summed E-state index contributed by atoms with van der Waals surface area (Å²) in [5.74, 6) is 0.436. The molecule has 1 aromatic rings. The van der Waals surface area contributed by atoms with Crippen LogP contribution in [-0.4, -0.2) is 55.7 Å². The van der Waals surface area contributed by atoms with Gasteiger partial charge >= 0.3 is 5.97 Å². The molecule has 0 unspecified atom stereocenters. The Hall–Kier alpha value is -1.99. The minimum Gasteiger partial charge on any atom is -0.497 e. The van der Waals surface area contributed by atoms with Crippen LogP contribution in [0.25, 0.3) is 0 Å². The molecular weight excluding hydrogens is 360 g/mol. The van der Waals surface area contributed by atoms with E-state index in [0.717, 1.165) is 12.8 Å². The lowest BCUT2D eigenvalue weighted by Crippen LogP contribution is -2.37. The van der Waals surface area contributed by atoms with Gasteiger partial charge in [-0.3, -0.25) is 14.5 Å². The van der Waals surface area contributed by atoms with Crippen LogP contribution in [-0.2, 0) is 9.59 Å². The van der Waals surface area contributed by atoms with Crippen molar-refractivity contribution in [1.82, 2.24) is 4.90 Å². The molecule has 1 aliphatic heterocycles. The predicted molar refractivity (Wildman–Crippen MR) is 99.3 cm³/mol.